The molecule has 0 saturated carbocycles. The van der Waals surface area contributed by atoms with Gasteiger partial charge in [-0.25, -0.2) is 4.79 Å². The van der Waals surface area contributed by atoms with Crippen molar-refractivity contribution in [1.29, 1.82) is 0 Å². The first kappa shape index (κ1) is 27.4. The highest BCUT2D eigenvalue weighted by Gasteiger charge is 2.19. The van der Waals surface area contributed by atoms with Crippen LogP contribution in [0.15, 0.2) is 53.3 Å². The molecule has 0 atom stereocenters. The number of halogens is 2. The lowest BCUT2D eigenvalue weighted by atomic mass is 10.2. The number of aromatic nitrogens is 1. The first-order valence-corrected chi connectivity index (χ1v) is 13.9. The van der Waals surface area contributed by atoms with E-state index in [0.29, 0.717) is 27.9 Å². The minimum absolute atomic E-state index is 0.240. The number of ether oxygens (including phenoxy) is 2. The summed E-state index contributed by atoms with van der Waals surface area (Å²) in [5, 5.41) is 2.04. The number of carbonyl (C=O) groups is 1. The van der Waals surface area contributed by atoms with Gasteiger partial charge in [-0.1, -0.05) is 29.3 Å². The van der Waals surface area contributed by atoms with Gasteiger partial charge in [0.15, 0.2) is 6.73 Å². The highest BCUT2D eigenvalue weighted by molar-refractivity contribution is 7.94. The molecule has 37 heavy (non-hydrogen) atoms. The summed E-state index contributed by atoms with van der Waals surface area (Å²) in [5.41, 5.74) is 1.34. The molecule has 0 N–H and O–H groups in total. The van der Waals surface area contributed by atoms with Crippen LogP contribution in [0.5, 0.6) is 5.75 Å². The number of rotatable bonds is 10. The molecule has 198 valence electrons. The Morgan fingerprint density at radius 1 is 1.03 bits per heavy atom. The summed E-state index contributed by atoms with van der Waals surface area (Å²) in [6, 6.07) is 14.5. The van der Waals surface area contributed by atoms with Crippen LogP contribution in [0.3, 0.4) is 0 Å². The molecule has 1 aliphatic rings. The maximum atomic E-state index is 12.4. The van der Waals surface area contributed by atoms with Gasteiger partial charge in [-0.05, 0) is 55.1 Å². The van der Waals surface area contributed by atoms with Gasteiger partial charge < -0.3 is 18.6 Å². The number of piperazine rings is 1. The van der Waals surface area contributed by atoms with Gasteiger partial charge in [-0.3, -0.25) is 14.3 Å². The van der Waals surface area contributed by atoms with Crippen molar-refractivity contribution in [3.05, 3.63) is 68.9 Å². The van der Waals surface area contributed by atoms with Gasteiger partial charge >= 0.3 is 6.16 Å². The van der Waals surface area contributed by atoms with E-state index in [2.05, 4.69) is 9.80 Å². The zero-order valence-electron chi connectivity index (χ0n) is 20.5. The van der Waals surface area contributed by atoms with Crippen molar-refractivity contribution in [3.63, 3.8) is 0 Å². The molecule has 2 aromatic carbocycles. The Morgan fingerprint density at radius 3 is 2.59 bits per heavy atom. The van der Waals surface area contributed by atoms with Crippen molar-refractivity contribution in [2.45, 2.75) is 19.6 Å². The second kappa shape index (κ2) is 13.3. The zero-order chi connectivity index (χ0) is 26.2. The molecule has 0 radical (unpaired) electrons. The number of nitrogens with zero attached hydrogens (tertiary/aromatic N) is 3. The predicted octanol–water partition coefficient (Wildman–Crippen LogP) is 5.68. The second-order valence-corrected chi connectivity index (χ2v) is 9.84. The molecular formula is C26H29Cl2N3O5S. The van der Waals surface area contributed by atoms with E-state index in [1.165, 1.54) is 10.6 Å². The number of benzene rings is 2. The van der Waals surface area contributed by atoms with Crippen LogP contribution in [0.25, 0.3) is 10.9 Å². The van der Waals surface area contributed by atoms with Gasteiger partial charge in [0.1, 0.15) is 5.75 Å². The van der Waals surface area contributed by atoms with Crippen molar-refractivity contribution in [2.24, 2.45) is 0 Å². The van der Waals surface area contributed by atoms with Gasteiger partial charge in [0.05, 0.1) is 39.9 Å². The first-order chi connectivity index (χ1) is 18.0. The van der Waals surface area contributed by atoms with Crippen LogP contribution >= 0.6 is 35.2 Å². The first-order valence-electron chi connectivity index (χ1n) is 12.0. The summed E-state index contributed by atoms with van der Waals surface area (Å²) in [6.45, 7) is 5.09. The summed E-state index contributed by atoms with van der Waals surface area (Å²) in [4.78, 5) is 28.6. The monoisotopic (exact) mass is 565 g/mol. The smallest absolute Gasteiger partial charge is 0.494 e. The molecule has 0 spiro atoms. The van der Waals surface area contributed by atoms with Crippen LogP contribution in [0.4, 0.5) is 10.5 Å². The molecule has 1 fully saturated rings. The number of unbranched alkanes of at least 4 members (excludes halogenated alkanes) is 1. The molecule has 1 saturated heterocycles. The molecule has 0 bridgehead atoms. The van der Waals surface area contributed by atoms with Gasteiger partial charge in [-0.2, -0.15) is 0 Å². The summed E-state index contributed by atoms with van der Waals surface area (Å²) >= 11 is 13.4. The fraction of sp³-hybridized carbons (Fsp3) is 0.385. The number of anilines is 1. The number of hydrogen-bond acceptors (Lipinski definition) is 8. The second-order valence-electron chi connectivity index (χ2n) is 8.55. The molecule has 11 heteroatoms. The zero-order valence-corrected chi connectivity index (χ0v) is 22.9. The van der Waals surface area contributed by atoms with Crippen LogP contribution in [0.1, 0.15) is 12.8 Å². The third kappa shape index (κ3) is 7.25. The molecule has 4 rings (SSSR count). The fourth-order valence-corrected chi connectivity index (χ4v) is 4.88. The Morgan fingerprint density at radius 2 is 1.81 bits per heavy atom. The highest BCUT2D eigenvalue weighted by Crippen LogP contribution is 2.32. The molecule has 1 aromatic heterocycles. The number of pyridine rings is 1. The maximum Gasteiger partial charge on any atom is 0.522 e. The van der Waals surface area contributed by atoms with Crippen LogP contribution in [0, 0.1) is 0 Å². The van der Waals surface area contributed by atoms with Crippen LogP contribution < -0.4 is 15.2 Å². The molecule has 3 aromatic rings. The van der Waals surface area contributed by atoms with E-state index in [4.69, 9.17) is 36.9 Å². The lowest BCUT2D eigenvalue weighted by Crippen LogP contribution is -2.46. The van der Waals surface area contributed by atoms with E-state index in [9.17, 15) is 9.59 Å². The van der Waals surface area contributed by atoms with E-state index in [1.807, 2.05) is 30.3 Å². The minimum Gasteiger partial charge on any atom is -0.494 e. The normalized spacial score (nSPS) is 14.1. The topological polar surface area (TPSA) is 73.2 Å². The summed E-state index contributed by atoms with van der Waals surface area (Å²) < 4.78 is 17.1. The van der Waals surface area contributed by atoms with E-state index in [-0.39, 0.29) is 12.3 Å². The SMILES string of the molecule is CSOC(=O)OCn1c(=O)ccc2ccc(OCCCCN3CCN(c4cccc(Cl)c4Cl)CC3)cc21. The third-order valence-corrected chi connectivity index (χ3v) is 7.32. The molecule has 1 aliphatic heterocycles. The fourth-order valence-electron chi connectivity index (χ4n) is 4.28. The highest BCUT2D eigenvalue weighted by atomic mass is 35.5. The Kier molecular flexibility index (Phi) is 9.85. The molecule has 0 aliphatic carbocycles. The Bertz CT molecular complexity index is 1280. The lowest BCUT2D eigenvalue weighted by molar-refractivity contribution is 0.0783. The van der Waals surface area contributed by atoms with E-state index >= 15 is 0 Å². The van der Waals surface area contributed by atoms with Gasteiger partial charge in [0.25, 0.3) is 5.56 Å². The van der Waals surface area contributed by atoms with Gasteiger partial charge in [-0.15, -0.1) is 0 Å². The average Bonchev–Trinajstić information content (AvgIpc) is 2.90. The predicted molar refractivity (Wildman–Crippen MR) is 149 cm³/mol. The lowest BCUT2D eigenvalue weighted by Gasteiger charge is -2.36. The van der Waals surface area contributed by atoms with Crippen molar-refractivity contribution in [2.75, 3.05) is 50.5 Å². The average molecular weight is 567 g/mol. The number of fused-ring (bicyclic) bond motifs is 1. The van der Waals surface area contributed by atoms with Crippen LogP contribution in [0.2, 0.25) is 10.0 Å². The molecule has 2 heterocycles. The Balaban J connectivity index is 1.23. The number of carbonyl (C=O) groups excluding carboxylic acids is 1. The van der Waals surface area contributed by atoms with Gasteiger partial charge in [0.2, 0.25) is 0 Å². The van der Waals surface area contributed by atoms with E-state index in [1.54, 1.807) is 18.4 Å². The Hall–Kier alpha value is -2.59. The molecule has 8 nitrogen and oxygen atoms in total. The third-order valence-electron chi connectivity index (χ3n) is 6.21. The van der Waals surface area contributed by atoms with Crippen molar-refractivity contribution >= 4 is 58.0 Å². The van der Waals surface area contributed by atoms with Crippen LogP contribution in [-0.4, -0.2) is 61.2 Å². The van der Waals surface area contributed by atoms with Crippen molar-refractivity contribution in [3.8, 4) is 5.75 Å². The van der Waals surface area contributed by atoms with Crippen molar-refractivity contribution in [1.82, 2.24) is 9.47 Å². The standard InChI is InChI=1S/C26H29Cl2N3O5S/c1-37-36-26(33)35-18-31-23-17-20(9-7-19(23)8-10-24(31)32)34-16-3-2-11-29-12-14-30(15-13-29)22-6-4-5-21(27)25(22)28/h4-10,17H,2-3,11-16,18H2,1H3. The van der Waals surface area contributed by atoms with E-state index in [0.717, 1.165) is 68.7 Å². The minimum atomic E-state index is -0.849. The molecular weight excluding hydrogens is 537 g/mol. The number of hydrogen-bond donors (Lipinski definition) is 0. The Labute approximate surface area is 230 Å². The largest absolute Gasteiger partial charge is 0.522 e. The maximum absolute atomic E-state index is 12.4. The quantitative estimate of drug-likeness (QED) is 0.176. The van der Waals surface area contributed by atoms with Gasteiger partial charge in [0, 0.05) is 44.6 Å². The van der Waals surface area contributed by atoms with Crippen LogP contribution in [-0.2, 0) is 15.7 Å². The summed E-state index contributed by atoms with van der Waals surface area (Å²) in [7, 11) is 0. The molecule has 0 amide bonds. The van der Waals surface area contributed by atoms with E-state index < -0.39 is 6.16 Å². The molecule has 0 unspecified atom stereocenters. The van der Waals surface area contributed by atoms with Crippen molar-refractivity contribution < 1.29 is 18.5 Å². The summed E-state index contributed by atoms with van der Waals surface area (Å²) in [5.74, 6) is 0.658. The summed E-state index contributed by atoms with van der Waals surface area (Å²) in [6.07, 6.45) is 2.68.